The second-order valence-electron chi connectivity index (χ2n) is 3.00. The van der Waals surface area contributed by atoms with E-state index in [1.165, 1.54) is 6.42 Å². The summed E-state index contributed by atoms with van der Waals surface area (Å²) < 4.78 is 0. The van der Waals surface area contributed by atoms with E-state index in [1.807, 2.05) is 19.1 Å². The Balaban J connectivity index is 0.000000424. The van der Waals surface area contributed by atoms with Crippen LogP contribution in [-0.2, 0) is 0 Å². The van der Waals surface area contributed by atoms with Crippen molar-refractivity contribution < 1.29 is 5.11 Å². The summed E-state index contributed by atoms with van der Waals surface area (Å²) in [5.41, 5.74) is 1.71. The summed E-state index contributed by atoms with van der Waals surface area (Å²) in [5.74, 6) is 0.301. The monoisotopic (exact) mass is 178 g/mol. The summed E-state index contributed by atoms with van der Waals surface area (Å²) in [6.45, 7) is 9.85. The summed E-state index contributed by atoms with van der Waals surface area (Å²) in [5, 5.41) is 9.22. The lowest BCUT2D eigenvalue weighted by molar-refractivity contribution is 0.473. The van der Waals surface area contributed by atoms with Crippen LogP contribution in [0.1, 0.15) is 32.8 Å². The third-order valence-electron chi connectivity index (χ3n) is 1.36. The van der Waals surface area contributed by atoms with Crippen LogP contribution in [0.4, 0.5) is 0 Å². The molecular weight excluding hydrogens is 160 g/mol. The molecule has 1 nitrogen and oxygen atoms in total. The Labute approximate surface area is 80.7 Å². The van der Waals surface area contributed by atoms with Gasteiger partial charge in [0.1, 0.15) is 5.75 Å². The number of para-hydroxylation sites is 1. The molecule has 0 radical (unpaired) electrons. The molecule has 1 heteroatoms. The van der Waals surface area contributed by atoms with E-state index in [-0.39, 0.29) is 0 Å². The molecule has 0 saturated carbocycles. The molecular formula is C12H18O. The minimum absolute atomic E-state index is 0.301. The highest BCUT2D eigenvalue weighted by Crippen LogP contribution is 2.21. The summed E-state index contributed by atoms with van der Waals surface area (Å²) in [6.07, 6.45) is 1.25. The summed E-state index contributed by atoms with van der Waals surface area (Å²) in [7, 11) is 0. The van der Waals surface area contributed by atoms with E-state index in [1.54, 1.807) is 12.1 Å². The molecule has 1 aromatic carbocycles. The molecule has 0 aliphatic rings. The number of allylic oxidation sites excluding steroid dienone is 1. The Morgan fingerprint density at radius 2 is 1.77 bits per heavy atom. The van der Waals surface area contributed by atoms with Crippen molar-refractivity contribution in [2.45, 2.75) is 27.2 Å². The van der Waals surface area contributed by atoms with Gasteiger partial charge in [0.25, 0.3) is 0 Å². The first-order valence-corrected chi connectivity index (χ1v) is 4.57. The number of hydrogen-bond acceptors (Lipinski definition) is 1. The Hall–Kier alpha value is -1.24. The lowest BCUT2D eigenvalue weighted by Gasteiger charge is -2.00. The number of aromatic hydroxyl groups is 1. The summed E-state index contributed by atoms with van der Waals surface area (Å²) >= 11 is 0. The standard InChI is InChI=1S/C9H10O.C3H8/c1-7(2)8-5-3-4-6-9(8)10;1-3-2/h3-6,10H,1H2,2H3;3H2,1-2H3. The van der Waals surface area contributed by atoms with Gasteiger partial charge in [0, 0.05) is 5.56 Å². The Morgan fingerprint density at radius 3 is 2.08 bits per heavy atom. The highest BCUT2D eigenvalue weighted by Gasteiger charge is 1.96. The molecule has 0 unspecified atom stereocenters. The molecule has 0 aliphatic carbocycles. The summed E-state index contributed by atoms with van der Waals surface area (Å²) in [4.78, 5) is 0. The minimum Gasteiger partial charge on any atom is -0.507 e. The smallest absolute Gasteiger partial charge is 0.123 e. The zero-order valence-corrected chi connectivity index (χ0v) is 8.67. The van der Waals surface area contributed by atoms with E-state index in [0.717, 1.165) is 11.1 Å². The number of phenols is 1. The van der Waals surface area contributed by atoms with Crippen LogP contribution >= 0.6 is 0 Å². The Morgan fingerprint density at radius 1 is 1.31 bits per heavy atom. The lowest BCUT2D eigenvalue weighted by Crippen LogP contribution is -1.76. The molecule has 72 valence electrons. The molecule has 0 fully saturated rings. The molecule has 0 aliphatic heterocycles. The number of benzene rings is 1. The van der Waals surface area contributed by atoms with Gasteiger partial charge in [-0.15, -0.1) is 0 Å². The second kappa shape index (κ2) is 6.30. The second-order valence-corrected chi connectivity index (χ2v) is 3.00. The Bertz CT molecular complexity index is 264. The molecule has 13 heavy (non-hydrogen) atoms. The van der Waals surface area contributed by atoms with Crippen LogP contribution in [0.5, 0.6) is 5.75 Å². The molecule has 1 rings (SSSR count). The maximum absolute atomic E-state index is 9.22. The molecule has 0 heterocycles. The van der Waals surface area contributed by atoms with Crippen LogP contribution < -0.4 is 0 Å². The van der Waals surface area contributed by atoms with Crippen LogP contribution in [0.25, 0.3) is 5.57 Å². The number of hydrogen-bond donors (Lipinski definition) is 1. The third-order valence-corrected chi connectivity index (χ3v) is 1.36. The SMILES string of the molecule is C=C(C)c1ccccc1O.CCC. The average molecular weight is 178 g/mol. The fraction of sp³-hybridized carbons (Fsp3) is 0.333. The molecule has 0 saturated heterocycles. The fourth-order valence-corrected chi connectivity index (χ4v) is 0.835. The van der Waals surface area contributed by atoms with E-state index in [4.69, 9.17) is 0 Å². The van der Waals surface area contributed by atoms with Gasteiger partial charge in [-0.05, 0) is 18.6 Å². The predicted molar refractivity (Wildman–Crippen MR) is 58.8 cm³/mol. The first kappa shape index (κ1) is 11.8. The molecule has 0 aromatic heterocycles. The fourth-order valence-electron chi connectivity index (χ4n) is 0.835. The van der Waals surface area contributed by atoms with E-state index < -0.39 is 0 Å². The van der Waals surface area contributed by atoms with Gasteiger partial charge in [0.15, 0.2) is 0 Å². The van der Waals surface area contributed by atoms with Gasteiger partial charge in [0.2, 0.25) is 0 Å². The van der Waals surface area contributed by atoms with Gasteiger partial charge in [-0.1, -0.05) is 45.0 Å². The van der Waals surface area contributed by atoms with E-state index in [9.17, 15) is 5.11 Å². The van der Waals surface area contributed by atoms with Crippen molar-refractivity contribution >= 4 is 5.57 Å². The van der Waals surface area contributed by atoms with Crippen LogP contribution in [0.2, 0.25) is 0 Å². The zero-order valence-electron chi connectivity index (χ0n) is 8.67. The molecule has 0 bridgehead atoms. The lowest BCUT2D eigenvalue weighted by atomic mass is 10.1. The first-order chi connectivity index (χ1) is 6.13. The largest absolute Gasteiger partial charge is 0.507 e. The highest BCUT2D eigenvalue weighted by atomic mass is 16.3. The van der Waals surface area contributed by atoms with Crippen LogP contribution in [-0.4, -0.2) is 5.11 Å². The van der Waals surface area contributed by atoms with Crippen molar-refractivity contribution in [3.05, 3.63) is 36.4 Å². The maximum atomic E-state index is 9.22. The third kappa shape index (κ3) is 4.36. The quantitative estimate of drug-likeness (QED) is 0.692. The van der Waals surface area contributed by atoms with Crippen molar-refractivity contribution in [3.63, 3.8) is 0 Å². The van der Waals surface area contributed by atoms with Gasteiger partial charge in [-0.3, -0.25) is 0 Å². The van der Waals surface area contributed by atoms with Gasteiger partial charge in [0.05, 0.1) is 0 Å². The van der Waals surface area contributed by atoms with E-state index in [2.05, 4.69) is 20.4 Å². The van der Waals surface area contributed by atoms with Gasteiger partial charge < -0.3 is 5.11 Å². The van der Waals surface area contributed by atoms with Crippen LogP contribution in [0, 0.1) is 0 Å². The van der Waals surface area contributed by atoms with Gasteiger partial charge in [-0.2, -0.15) is 0 Å². The molecule has 0 spiro atoms. The topological polar surface area (TPSA) is 20.2 Å². The van der Waals surface area contributed by atoms with Gasteiger partial charge >= 0.3 is 0 Å². The van der Waals surface area contributed by atoms with E-state index >= 15 is 0 Å². The average Bonchev–Trinajstić information content (AvgIpc) is 2.06. The normalized spacial score (nSPS) is 8.54. The molecule has 0 atom stereocenters. The maximum Gasteiger partial charge on any atom is 0.123 e. The zero-order chi connectivity index (χ0) is 10.3. The van der Waals surface area contributed by atoms with Crippen molar-refractivity contribution in [2.24, 2.45) is 0 Å². The van der Waals surface area contributed by atoms with Crippen LogP contribution in [0.3, 0.4) is 0 Å². The predicted octanol–water partition coefficient (Wildman–Crippen LogP) is 3.84. The van der Waals surface area contributed by atoms with Gasteiger partial charge in [-0.25, -0.2) is 0 Å². The Kier molecular flexibility index (Phi) is 5.69. The van der Waals surface area contributed by atoms with Crippen molar-refractivity contribution in [3.8, 4) is 5.75 Å². The van der Waals surface area contributed by atoms with Crippen molar-refractivity contribution in [1.29, 1.82) is 0 Å². The van der Waals surface area contributed by atoms with Crippen LogP contribution in [0.15, 0.2) is 30.8 Å². The molecule has 1 aromatic rings. The highest BCUT2D eigenvalue weighted by molar-refractivity contribution is 5.66. The number of rotatable bonds is 1. The molecule has 1 N–H and O–H groups in total. The van der Waals surface area contributed by atoms with Crippen molar-refractivity contribution in [2.75, 3.05) is 0 Å². The van der Waals surface area contributed by atoms with E-state index in [0.29, 0.717) is 5.75 Å². The van der Waals surface area contributed by atoms with Crippen molar-refractivity contribution in [1.82, 2.24) is 0 Å². The summed E-state index contributed by atoms with van der Waals surface area (Å²) in [6, 6.07) is 7.17. The molecule has 0 amide bonds. The number of phenolic OH excluding ortho intramolecular Hbond substituents is 1. The minimum atomic E-state index is 0.301. The first-order valence-electron chi connectivity index (χ1n) is 4.57.